The molecule has 0 fully saturated rings. The van der Waals surface area contributed by atoms with E-state index in [0.29, 0.717) is 5.69 Å². The number of benzene rings is 2. The van der Waals surface area contributed by atoms with Gasteiger partial charge in [-0.3, -0.25) is 14.9 Å². The minimum absolute atomic E-state index is 0.0244. The van der Waals surface area contributed by atoms with Gasteiger partial charge < -0.3 is 10.0 Å². The molecule has 0 atom stereocenters. The van der Waals surface area contributed by atoms with Crippen molar-refractivity contribution in [1.82, 2.24) is 0 Å². The molecule has 0 radical (unpaired) electrons. The lowest BCUT2D eigenvalue weighted by Crippen LogP contribution is -2.27. The second-order valence-electron chi connectivity index (χ2n) is 4.30. The van der Waals surface area contributed by atoms with Crippen LogP contribution < -0.4 is 4.90 Å². The van der Waals surface area contributed by atoms with Gasteiger partial charge in [-0.15, -0.1) is 0 Å². The molecular formula is C14H11FN2O4. The molecule has 6 nitrogen and oxygen atoms in total. The van der Waals surface area contributed by atoms with Gasteiger partial charge in [-0.2, -0.15) is 0 Å². The van der Waals surface area contributed by atoms with E-state index in [1.165, 1.54) is 31.3 Å². The van der Waals surface area contributed by atoms with Crippen molar-refractivity contribution in [1.29, 1.82) is 0 Å². The molecule has 2 aromatic carbocycles. The zero-order valence-electron chi connectivity index (χ0n) is 11.0. The molecule has 0 aliphatic carbocycles. The largest absolute Gasteiger partial charge is 0.508 e. The highest BCUT2D eigenvalue weighted by atomic mass is 19.1. The van der Waals surface area contributed by atoms with E-state index < -0.39 is 22.3 Å². The Labute approximate surface area is 119 Å². The molecule has 1 amide bonds. The summed E-state index contributed by atoms with van der Waals surface area (Å²) >= 11 is 0. The highest BCUT2D eigenvalue weighted by molar-refractivity contribution is 6.08. The number of halogens is 1. The summed E-state index contributed by atoms with van der Waals surface area (Å²) in [6.07, 6.45) is 0. The Morgan fingerprint density at radius 2 is 1.86 bits per heavy atom. The average Bonchev–Trinajstić information content (AvgIpc) is 2.46. The number of amides is 1. The monoisotopic (exact) mass is 290 g/mol. The first-order chi connectivity index (χ1) is 9.90. The highest BCUT2D eigenvalue weighted by Crippen LogP contribution is 2.24. The Bertz CT molecular complexity index is 701. The van der Waals surface area contributed by atoms with Crippen molar-refractivity contribution in [3.8, 4) is 5.75 Å². The number of hydrogen-bond acceptors (Lipinski definition) is 4. The van der Waals surface area contributed by atoms with E-state index in [-0.39, 0.29) is 11.3 Å². The molecule has 2 rings (SSSR count). The SMILES string of the molecule is CN(C(=O)c1cc(F)ccc1[N+](=O)[O-])c1ccc(O)cc1. The van der Waals surface area contributed by atoms with E-state index in [1.807, 2.05) is 0 Å². The maximum Gasteiger partial charge on any atom is 0.282 e. The molecule has 0 heterocycles. The number of nitrogens with zero attached hydrogens (tertiary/aromatic N) is 2. The Morgan fingerprint density at radius 3 is 2.43 bits per heavy atom. The van der Waals surface area contributed by atoms with Crippen molar-refractivity contribution in [3.63, 3.8) is 0 Å². The Morgan fingerprint density at radius 1 is 1.24 bits per heavy atom. The van der Waals surface area contributed by atoms with E-state index in [2.05, 4.69) is 0 Å². The number of nitro groups is 1. The number of phenolic OH excluding ortho intramolecular Hbond substituents is 1. The molecule has 2 aromatic rings. The quantitative estimate of drug-likeness (QED) is 0.695. The molecule has 0 aromatic heterocycles. The first kappa shape index (κ1) is 14.4. The Kier molecular flexibility index (Phi) is 3.84. The first-order valence-electron chi connectivity index (χ1n) is 5.91. The Balaban J connectivity index is 2.41. The first-order valence-corrected chi connectivity index (χ1v) is 5.91. The minimum Gasteiger partial charge on any atom is -0.508 e. The smallest absolute Gasteiger partial charge is 0.282 e. The summed E-state index contributed by atoms with van der Waals surface area (Å²) < 4.78 is 13.3. The third-order valence-electron chi connectivity index (χ3n) is 2.93. The molecule has 21 heavy (non-hydrogen) atoms. The van der Waals surface area contributed by atoms with Crippen molar-refractivity contribution in [2.45, 2.75) is 0 Å². The topological polar surface area (TPSA) is 83.7 Å². The van der Waals surface area contributed by atoms with E-state index in [0.717, 1.165) is 23.1 Å². The van der Waals surface area contributed by atoms with Gasteiger partial charge in [0.05, 0.1) is 4.92 Å². The van der Waals surface area contributed by atoms with Gasteiger partial charge in [-0.05, 0) is 36.4 Å². The fourth-order valence-corrected chi connectivity index (χ4v) is 1.81. The van der Waals surface area contributed by atoms with Gasteiger partial charge in [0, 0.05) is 18.8 Å². The second kappa shape index (κ2) is 5.58. The summed E-state index contributed by atoms with van der Waals surface area (Å²) in [7, 11) is 1.41. The van der Waals surface area contributed by atoms with Crippen LogP contribution in [0.2, 0.25) is 0 Å². The van der Waals surface area contributed by atoms with Gasteiger partial charge in [0.2, 0.25) is 0 Å². The van der Waals surface area contributed by atoms with Crippen LogP contribution in [0.25, 0.3) is 0 Å². The summed E-state index contributed by atoms with van der Waals surface area (Å²) in [6, 6.07) is 8.40. The molecule has 0 aliphatic heterocycles. The van der Waals surface area contributed by atoms with Crippen molar-refractivity contribution < 1.29 is 19.2 Å². The lowest BCUT2D eigenvalue weighted by molar-refractivity contribution is -0.385. The van der Waals surface area contributed by atoms with E-state index in [4.69, 9.17) is 0 Å². The van der Waals surface area contributed by atoms with Gasteiger partial charge in [0.15, 0.2) is 0 Å². The summed E-state index contributed by atoms with van der Waals surface area (Å²) in [5, 5.41) is 20.1. The van der Waals surface area contributed by atoms with Crippen LogP contribution in [0, 0.1) is 15.9 Å². The normalized spacial score (nSPS) is 10.2. The third-order valence-corrected chi connectivity index (χ3v) is 2.93. The zero-order chi connectivity index (χ0) is 15.6. The third kappa shape index (κ3) is 2.97. The lowest BCUT2D eigenvalue weighted by Gasteiger charge is -2.17. The van der Waals surface area contributed by atoms with Crippen LogP contribution in [-0.2, 0) is 0 Å². The standard InChI is InChI=1S/C14H11FN2O4/c1-16(10-3-5-11(18)6-4-10)14(19)12-8-9(15)2-7-13(12)17(20)21/h2-8,18H,1H3. The number of carbonyl (C=O) groups excluding carboxylic acids is 1. The number of nitro benzene ring substituents is 1. The molecule has 0 saturated heterocycles. The average molecular weight is 290 g/mol. The molecule has 7 heteroatoms. The van der Waals surface area contributed by atoms with E-state index in [9.17, 15) is 24.4 Å². The van der Waals surface area contributed by atoms with Gasteiger partial charge in [0.1, 0.15) is 17.1 Å². The molecule has 1 N–H and O–H groups in total. The molecular weight excluding hydrogens is 279 g/mol. The van der Waals surface area contributed by atoms with Crippen LogP contribution in [0.4, 0.5) is 15.8 Å². The molecule has 108 valence electrons. The number of aromatic hydroxyl groups is 1. The minimum atomic E-state index is -0.739. The van der Waals surface area contributed by atoms with Crippen molar-refractivity contribution in [2.75, 3.05) is 11.9 Å². The summed E-state index contributed by atoms with van der Waals surface area (Å²) in [4.78, 5) is 23.6. The maximum absolute atomic E-state index is 13.3. The number of phenols is 1. The summed E-state index contributed by atoms with van der Waals surface area (Å²) in [5.41, 5.74) is -0.390. The fraction of sp³-hybridized carbons (Fsp3) is 0.0714. The number of carbonyl (C=O) groups is 1. The fourth-order valence-electron chi connectivity index (χ4n) is 1.81. The molecule has 0 aliphatic rings. The summed E-state index contributed by atoms with van der Waals surface area (Å²) in [5.74, 6) is -1.42. The highest BCUT2D eigenvalue weighted by Gasteiger charge is 2.24. The predicted octanol–water partition coefficient (Wildman–Crippen LogP) is 2.72. The van der Waals surface area contributed by atoms with E-state index in [1.54, 1.807) is 0 Å². The molecule has 0 spiro atoms. The van der Waals surface area contributed by atoms with Gasteiger partial charge in [-0.1, -0.05) is 0 Å². The zero-order valence-corrected chi connectivity index (χ0v) is 11.0. The van der Waals surface area contributed by atoms with Crippen molar-refractivity contribution >= 4 is 17.3 Å². The van der Waals surface area contributed by atoms with Crippen LogP contribution >= 0.6 is 0 Å². The molecule has 0 bridgehead atoms. The van der Waals surface area contributed by atoms with Crippen molar-refractivity contribution in [2.24, 2.45) is 0 Å². The Hall–Kier alpha value is -2.96. The van der Waals surface area contributed by atoms with Gasteiger partial charge in [0.25, 0.3) is 11.6 Å². The second-order valence-corrected chi connectivity index (χ2v) is 4.30. The predicted molar refractivity (Wildman–Crippen MR) is 73.9 cm³/mol. The van der Waals surface area contributed by atoms with Crippen LogP contribution in [0.3, 0.4) is 0 Å². The van der Waals surface area contributed by atoms with Crippen LogP contribution in [-0.4, -0.2) is 23.0 Å². The number of hydrogen-bond donors (Lipinski definition) is 1. The van der Waals surface area contributed by atoms with Gasteiger partial charge >= 0.3 is 0 Å². The maximum atomic E-state index is 13.3. The van der Waals surface area contributed by atoms with E-state index >= 15 is 0 Å². The molecule has 0 unspecified atom stereocenters. The van der Waals surface area contributed by atoms with Gasteiger partial charge in [-0.25, -0.2) is 4.39 Å². The van der Waals surface area contributed by atoms with Crippen LogP contribution in [0.15, 0.2) is 42.5 Å². The molecule has 0 saturated carbocycles. The summed E-state index contributed by atoms with van der Waals surface area (Å²) in [6.45, 7) is 0. The lowest BCUT2D eigenvalue weighted by atomic mass is 10.1. The van der Waals surface area contributed by atoms with Crippen LogP contribution in [0.5, 0.6) is 5.75 Å². The van der Waals surface area contributed by atoms with Crippen LogP contribution in [0.1, 0.15) is 10.4 Å². The number of rotatable bonds is 3. The number of anilines is 1. The van der Waals surface area contributed by atoms with Crippen molar-refractivity contribution in [3.05, 3.63) is 64.0 Å².